The molecule has 2 aromatic rings. The molecule has 0 aliphatic carbocycles. The summed E-state index contributed by atoms with van der Waals surface area (Å²) < 4.78 is 13.9. The molecule has 0 unspecified atom stereocenters. The molecule has 1 aliphatic rings. The molecular weight excluding hydrogens is 337 g/mol. The van der Waals surface area contributed by atoms with Crippen LogP contribution in [0.25, 0.3) is 0 Å². The Bertz CT molecular complexity index is 746. The van der Waals surface area contributed by atoms with Gasteiger partial charge in [0.05, 0.1) is 23.0 Å². The van der Waals surface area contributed by atoms with Crippen molar-refractivity contribution in [2.75, 3.05) is 5.73 Å². The Hall–Kier alpha value is -2.02. The van der Waals surface area contributed by atoms with Crippen molar-refractivity contribution < 1.29 is 4.39 Å². The molecule has 0 fully saturated rings. The molecule has 0 amide bonds. The van der Waals surface area contributed by atoms with E-state index in [1.165, 1.54) is 12.1 Å². The first kappa shape index (κ1) is 13.9. The molecule has 0 spiro atoms. The number of nitrogens with zero attached hydrogens (tertiary/aromatic N) is 2. The van der Waals surface area contributed by atoms with Crippen LogP contribution in [0.3, 0.4) is 0 Å². The van der Waals surface area contributed by atoms with E-state index in [0.717, 1.165) is 11.3 Å². The number of aromatic nitrogens is 2. The van der Waals surface area contributed by atoms with E-state index in [2.05, 4.69) is 31.2 Å². The van der Waals surface area contributed by atoms with Crippen molar-refractivity contribution in [3.63, 3.8) is 0 Å². The maximum atomic E-state index is 13.2. The number of nitrogens with two attached hydrogens (primary N) is 1. The highest BCUT2D eigenvalue weighted by Gasteiger charge is 2.27. The van der Waals surface area contributed by atoms with Crippen molar-refractivity contribution >= 4 is 27.7 Å². The van der Waals surface area contributed by atoms with Crippen LogP contribution >= 0.6 is 15.9 Å². The molecule has 0 bridgehead atoms. The Kier molecular flexibility index (Phi) is 3.36. The van der Waals surface area contributed by atoms with Gasteiger partial charge in [-0.05, 0) is 24.6 Å². The zero-order valence-corrected chi connectivity index (χ0v) is 12.8. The van der Waals surface area contributed by atoms with Gasteiger partial charge in [-0.3, -0.25) is 5.41 Å². The Balaban J connectivity index is 2.04. The van der Waals surface area contributed by atoms with Gasteiger partial charge in [-0.25, -0.2) is 14.4 Å². The molecule has 5 nitrogen and oxygen atoms in total. The highest BCUT2D eigenvalue weighted by atomic mass is 79.9. The molecule has 21 heavy (non-hydrogen) atoms. The van der Waals surface area contributed by atoms with E-state index in [-0.39, 0.29) is 23.6 Å². The SMILES string of the molecule is Cc1nc(N)nc2c1C(=N)N[C@@H](c1ccc(F)cc1Br)C2. The number of rotatable bonds is 1. The third kappa shape index (κ3) is 2.49. The van der Waals surface area contributed by atoms with Crippen LogP contribution in [-0.2, 0) is 6.42 Å². The quantitative estimate of drug-likeness (QED) is 0.737. The van der Waals surface area contributed by atoms with Crippen LogP contribution in [0.2, 0.25) is 0 Å². The smallest absolute Gasteiger partial charge is 0.220 e. The molecule has 7 heteroatoms. The largest absolute Gasteiger partial charge is 0.368 e. The lowest BCUT2D eigenvalue weighted by Gasteiger charge is -2.28. The third-order valence-electron chi connectivity index (χ3n) is 3.49. The summed E-state index contributed by atoms with van der Waals surface area (Å²) in [6.45, 7) is 1.81. The predicted octanol–water partition coefficient (Wildman–Crippen LogP) is 2.48. The van der Waals surface area contributed by atoms with Crippen LogP contribution in [0.5, 0.6) is 0 Å². The lowest BCUT2D eigenvalue weighted by atomic mass is 9.94. The van der Waals surface area contributed by atoms with Gasteiger partial charge in [-0.1, -0.05) is 22.0 Å². The molecule has 1 aromatic carbocycles. The lowest BCUT2D eigenvalue weighted by Crippen LogP contribution is -2.37. The van der Waals surface area contributed by atoms with Gasteiger partial charge in [0.15, 0.2) is 0 Å². The third-order valence-corrected chi connectivity index (χ3v) is 4.17. The molecule has 3 rings (SSSR count). The van der Waals surface area contributed by atoms with Gasteiger partial charge in [-0.2, -0.15) is 0 Å². The van der Waals surface area contributed by atoms with Crippen LogP contribution in [0.1, 0.15) is 28.6 Å². The van der Waals surface area contributed by atoms with Crippen molar-refractivity contribution in [2.45, 2.75) is 19.4 Å². The first-order chi connectivity index (χ1) is 9.95. The first-order valence-electron chi connectivity index (χ1n) is 6.39. The molecule has 1 aromatic heterocycles. The summed E-state index contributed by atoms with van der Waals surface area (Å²) in [4.78, 5) is 8.34. The lowest BCUT2D eigenvalue weighted by molar-refractivity contribution is 0.597. The molecule has 0 saturated heterocycles. The van der Waals surface area contributed by atoms with E-state index in [1.807, 2.05) is 0 Å². The minimum Gasteiger partial charge on any atom is -0.368 e. The summed E-state index contributed by atoms with van der Waals surface area (Å²) in [5.74, 6) is 0.159. The van der Waals surface area contributed by atoms with Crippen LogP contribution in [-0.4, -0.2) is 15.8 Å². The number of nitrogen functional groups attached to an aromatic ring is 1. The van der Waals surface area contributed by atoms with Gasteiger partial charge in [0.1, 0.15) is 11.7 Å². The second kappa shape index (κ2) is 5.07. The number of fused-ring (bicyclic) bond motifs is 1. The Morgan fingerprint density at radius 3 is 2.90 bits per heavy atom. The topological polar surface area (TPSA) is 87.7 Å². The molecule has 1 atom stereocenters. The molecule has 1 aliphatic heterocycles. The summed E-state index contributed by atoms with van der Waals surface area (Å²) in [5.41, 5.74) is 8.69. The molecule has 108 valence electrons. The van der Waals surface area contributed by atoms with E-state index >= 15 is 0 Å². The van der Waals surface area contributed by atoms with E-state index in [4.69, 9.17) is 11.1 Å². The molecule has 2 heterocycles. The van der Waals surface area contributed by atoms with Crippen molar-refractivity contribution in [1.29, 1.82) is 5.41 Å². The maximum absolute atomic E-state index is 13.2. The number of amidine groups is 1. The van der Waals surface area contributed by atoms with E-state index in [0.29, 0.717) is 22.2 Å². The summed E-state index contributed by atoms with van der Waals surface area (Å²) in [6, 6.07) is 4.36. The van der Waals surface area contributed by atoms with Crippen LogP contribution in [0, 0.1) is 18.2 Å². The molecular formula is C14H13BrFN5. The summed E-state index contributed by atoms with van der Waals surface area (Å²) >= 11 is 3.36. The average Bonchev–Trinajstić information content (AvgIpc) is 2.36. The van der Waals surface area contributed by atoms with Crippen molar-refractivity contribution in [1.82, 2.24) is 15.3 Å². The summed E-state index contributed by atoms with van der Waals surface area (Å²) in [6.07, 6.45) is 0.565. The fraction of sp³-hybridized carbons (Fsp3) is 0.214. The minimum atomic E-state index is -0.306. The number of hydrogen-bond donors (Lipinski definition) is 3. The van der Waals surface area contributed by atoms with Gasteiger partial charge in [0.2, 0.25) is 5.95 Å². The van der Waals surface area contributed by atoms with Crippen molar-refractivity contribution in [3.8, 4) is 0 Å². The zero-order chi connectivity index (χ0) is 15.1. The highest BCUT2D eigenvalue weighted by molar-refractivity contribution is 9.10. The fourth-order valence-corrected chi connectivity index (χ4v) is 3.22. The second-order valence-electron chi connectivity index (χ2n) is 4.93. The van der Waals surface area contributed by atoms with Crippen LogP contribution < -0.4 is 11.1 Å². The van der Waals surface area contributed by atoms with Gasteiger partial charge >= 0.3 is 0 Å². The van der Waals surface area contributed by atoms with E-state index in [1.54, 1.807) is 13.0 Å². The monoisotopic (exact) mass is 349 g/mol. The van der Waals surface area contributed by atoms with E-state index < -0.39 is 0 Å². The summed E-state index contributed by atoms with van der Waals surface area (Å²) in [5, 5.41) is 11.3. The normalized spacial score (nSPS) is 17.3. The Labute approximate surface area is 129 Å². The molecule has 4 N–H and O–H groups in total. The van der Waals surface area contributed by atoms with E-state index in [9.17, 15) is 4.39 Å². The average molecular weight is 350 g/mol. The van der Waals surface area contributed by atoms with Gasteiger partial charge in [-0.15, -0.1) is 0 Å². The van der Waals surface area contributed by atoms with Crippen LogP contribution in [0.15, 0.2) is 22.7 Å². The number of hydrogen-bond acceptors (Lipinski definition) is 4. The highest BCUT2D eigenvalue weighted by Crippen LogP contribution is 2.31. The number of halogens is 2. The number of aryl methyl sites for hydroxylation is 1. The maximum Gasteiger partial charge on any atom is 0.220 e. The number of benzene rings is 1. The van der Waals surface area contributed by atoms with Crippen LogP contribution in [0.4, 0.5) is 10.3 Å². The fourth-order valence-electron chi connectivity index (χ4n) is 2.59. The predicted molar refractivity (Wildman–Crippen MR) is 81.7 cm³/mol. The first-order valence-corrected chi connectivity index (χ1v) is 7.18. The van der Waals surface area contributed by atoms with Gasteiger partial charge < -0.3 is 11.1 Å². The summed E-state index contributed by atoms with van der Waals surface area (Å²) in [7, 11) is 0. The van der Waals surface area contributed by atoms with Gasteiger partial charge in [0.25, 0.3) is 0 Å². The zero-order valence-electron chi connectivity index (χ0n) is 11.2. The number of nitrogens with one attached hydrogen (secondary N) is 2. The van der Waals surface area contributed by atoms with Crippen molar-refractivity contribution in [3.05, 3.63) is 51.0 Å². The Morgan fingerprint density at radius 2 is 2.19 bits per heavy atom. The molecule has 0 saturated carbocycles. The minimum absolute atomic E-state index is 0.159. The standard InChI is InChI=1S/C14H13BrFN5/c1-6-12-11(21-14(18)19-6)5-10(20-13(12)17)8-3-2-7(16)4-9(8)15/h2-4,10H,5H2,1H3,(H2,17,20)(H2,18,19,21)/t10-/m1/s1. The van der Waals surface area contributed by atoms with Crippen molar-refractivity contribution in [2.24, 2.45) is 0 Å². The Morgan fingerprint density at radius 1 is 1.43 bits per heavy atom. The second-order valence-corrected chi connectivity index (χ2v) is 5.79. The number of anilines is 1. The molecule has 0 radical (unpaired) electrons. The van der Waals surface area contributed by atoms with Gasteiger partial charge in [0, 0.05) is 10.9 Å².